The van der Waals surface area contributed by atoms with Crippen LogP contribution in [0.25, 0.3) is 0 Å². The fourth-order valence-corrected chi connectivity index (χ4v) is 3.05. The second kappa shape index (κ2) is 10.4. The van der Waals surface area contributed by atoms with Crippen molar-refractivity contribution in [3.05, 3.63) is 29.8 Å². The minimum absolute atomic E-state index is 0. The zero-order valence-corrected chi connectivity index (χ0v) is 15.3. The maximum absolute atomic E-state index is 12.4. The summed E-state index contributed by atoms with van der Waals surface area (Å²) in [5.41, 5.74) is 1.30. The first-order valence-electron chi connectivity index (χ1n) is 8.45. The molecule has 6 heteroatoms. The molecule has 1 aliphatic heterocycles. The number of halogens is 1. The number of ketones is 1. The van der Waals surface area contributed by atoms with Gasteiger partial charge in [-0.1, -0.05) is 19.1 Å². The minimum Gasteiger partial charge on any atom is -0.325 e. The first-order valence-corrected chi connectivity index (χ1v) is 8.45. The van der Waals surface area contributed by atoms with Crippen LogP contribution in [0.1, 0.15) is 43.5 Å². The first-order chi connectivity index (χ1) is 11.1. The van der Waals surface area contributed by atoms with Gasteiger partial charge < -0.3 is 10.6 Å². The maximum atomic E-state index is 12.4. The zero-order chi connectivity index (χ0) is 16.7. The Kier molecular flexibility index (Phi) is 8.97. The van der Waals surface area contributed by atoms with Crippen LogP contribution in [0.2, 0.25) is 0 Å². The third kappa shape index (κ3) is 6.23. The van der Waals surface area contributed by atoms with Crippen LogP contribution in [0.15, 0.2) is 24.3 Å². The molecule has 5 nitrogen and oxygen atoms in total. The number of hydrogen-bond donors (Lipinski definition) is 2. The summed E-state index contributed by atoms with van der Waals surface area (Å²) in [4.78, 5) is 26.1. The zero-order valence-electron chi connectivity index (χ0n) is 14.5. The average molecular weight is 354 g/mol. The molecule has 0 radical (unpaired) electrons. The molecular formula is C18H28ClN3O2. The molecule has 0 bridgehead atoms. The summed E-state index contributed by atoms with van der Waals surface area (Å²) in [6, 6.07) is 7.58. The number of carbonyl (C=O) groups is 2. The monoisotopic (exact) mass is 353 g/mol. The van der Waals surface area contributed by atoms with E-state index in [1.807, 2.05) is 6.07 Å². The second-order valence-electron chi connectivity index (χ2n) is 6.14. The van der Waals surface area contributed by atoms with Gasteiger partial charge in [0, 0.05) is 17.3 Å². The van der Waals surface area contributed by atoms with E-state index < -0.39 is 0 Å². The molecule has 134 valence electrons. The van der Waals surface area contributed by atoms with E-state index in [-0.39, 0.29) is 24.1 Å². The number of nitrogens with one attached hydrogen (secondary N) is 2. The molecule has 0 spiro atoms. The van der Waals surface area contributed by atoms with Gasteiger partial charge in [-0.25, -0.2) is 0 Å². The van der Waals surface area contributed by atoms with Gasteiger partial charge in [0.25, 0.3) is 0 Å². The van der Waals surface area contributed by atoms with Crippen molar-refractivity contribution in [3.8, 4) is 0 Å². The highest BCUT2D eigenvalue weighted by Crippen LogP contribution is 2.14. The molecule has 1 amide bonds. The van der Waals surface area contributed by atoms with Crippen LogP contribution in [-0.4, -0.2) is 48.8 Å². The van der Waals surface area contributed by atoms with E-state index in [0.29, 0.717) is 23.8 Å². The summed E-state index contributed by atoms with van der Waals surface area (Å²) in [5, 5.41) is 6.28. The number of amides is 1. The molecule has 1 fully saturated rings. The number of nitrogens with zero attached hydrogens (tertiary/aromatic N) is 1. The van der Waals surface area contributed by atoms with Crippen LogP contribution in [0.3, 0.4) is 0 Å². The quantitative estimate of drug-likeness (QED) is 0.740. The van der Waals surface area contributed by atoms with Crippen LogP contribution in [0, 0.1) is 0 Å². The summed E-state index contributed by atoms with van der Waals surface area (Å²) in [5.74, 6) is -0.0129. The predicted molar refractivity (Wildman–Crippen MR) is 100 cm³/mol. The average Bonchev–Trinajstić information content (AvgIpc) is 2.55. The van der Waals surface area contributed by atoms with Gasteiger partial charge in [-0.05, 0) is 58.0 Å². The molecule has 1 aromatic rings. The highest BCUT2D eigenvalue weighted by molar-refractivity contribution is 5.97. The van der Waals surface area contributed by atoms with Crippen molar-refractivity contribution >= 4 is 29.8 Å². The third-order valence-corrected chi connectivity index (χ3v) is 4.24. The van der Waals surface area contributed by atoms with Crippen LogP contribution < -0.4 is 10.6 Å². The number of hydrogen-bond acceptors (Lipinski definition) is 4. The molecule has 2 rings (SSSR count). The summed E-state index contributed by atoms with van der Waals surface area (Å²) < 4.78 is 0. The molecule has 0 saturated carbocycles. The van der Waals surface area contributed by atoms with Crippen molar-refractivity contribution in [1.82, 2.24) is 10.2 Å². The molecule has 1 heterocycles. The van der Waals surface area contributed by atoms with Gasteiger partial charge in [0.15, 0.2) is 5.78 Å². The van der Waals surface area contributed by atoms with Gasteiger partial charge in [0.05, 0.1) is 6.54 Å². The van der Waals surface area contributed by atoms with E-state index in [1.54, 1.807) is 18.2 Å². The topological polar surface area (TPSA) is 61.4 Å². The van der Waals surface area contributed by atoms with Crippen molar-refractivity contribution in [1.29, 1.82) is 0 Å². The van der Waals surface area contributed by atoms with Crippen molar-refractivity contribution < 1.29 is 9.59 Å². The first kappa shape index (κ1) is 20.6. The van der Waals surface area contributed by atoms with Gasteiger partial charge in [0.1, 0.15) is 0 Å². The van der Waals surface area contributed by atoms with E-state index in [0.717, 1.165) is 38.9 Å². The largest absolute Gasteiger partial charge is 0.325 e. The van der Waals surface area contributed by atoms with Crippen LogP contribution in [-0.2, 0) is 4.79 Å². The Hall–Kier alpha value is -1.43. The maximum Gasteiger partial charge on any atom is 0.238 e. The number of anilines is 1. The summed E-state index contributed by atoms with van der Waals surface area (Å²) in [6.07, 6.45) is 3.22. The number of rotatable bonds is 7. The SMILES string of the molecule is CCCN(CC(=O)Nc1cccc(C(C)=O)c1)C1CCNCC1.Cl. The highest BCUT2D eigenvalue weighted by Gasteiger charge is 2.22. The Morgan fingerprint density at radius 2 is 2.00 bits per heavy atom. The Morgan fingerprint density at radius 3 is 2.62 bits per heavy atom. The van der Waals surface area contributed by atoms with E-state index in [4.69, 9.17) is 0 Å². The van der Waals surface area contributed by atoms with E-state index >= 15 is 0 Å². The molecule has 0 aliphatic carbocycles. The summed E-state index contributed by atoms with van der Waals surface area (Å²) >= 11 is 0. The van der Waals surface area contributed by atoms with E-state index in [9.17, 15) is 9.59 Å². The van der Waals surface area contributed by atoms with Gasteiger partial charge in [-0.3, -0.25) is 14.5 Å². The van der Waals surface area contributed by atoms with Crippen molar-refractivity contribution in [2.24, 2.45) is 0 Å². The van der Waals surface area contributed by atoms with E-state index in [2.05, 4.69) is 22.5 Å². The normalized spacial score (nSPS) is 15.0. The predicted octanol–water partition coefficient (Wildman–Crippen LogP) is 2.71. The summed E-state index contributed by atoms with van der Waals surface area (Å²) in [6.45, 7) is 7.05. The van der Waals surface area contributed by atoms with Crippen molar-refractivity contribution in [2.45, 2.75) is 39.2 Å². The Balaban J connectivity index is 0.00000288. The van der Waals surface area contributed by atoms with Crippen LogP contribution >= 0.6 is 12.4 Å². The van der Waals surface area contributed by atoms with E-state index in [1.165, 1.54) is 6.92 Å². The number of piperidine rings is 1. The standard InChI is InChI=1S/C18H27N3O2.ClH/c1-3-11-21(17-7-9-19-10-8-17)13-18(23)20-16-6-4-5-15(12-16)14(2)22;/h4-6,12,17,19H,3,7-11,13H2,1-2H3,(H,20,23);1H. The van der Waals surface area contributed by atoms with Crippen LogP contribution in [0.5, 0.6) is 0 Å². The van der Waals surface area contributed by atoms with Gasteiger partial charge >= 0.3 is 0 Å². The fraction of sp³-hybridized carbons (Fsp3) is 0.556. The fourth-order valence-electron chi connectivity index (χ4n) is 3.05. The number of Topliss-reactive ketones (excluding diaryl/α,β-unsaturated/α-hetero) is 1. The molecule has 1 aromatic carbocycles. The van der Waals surface area contributed by atoms with Crippen molar-refractivity contribution in [3.63, 3.8) is 0 Å². The molecule has 0 aromatic heterocycles. The van der Waals surface area contributed by atoms with Gasteiger partial charge in [-0.15, -0.1) is 12.4 Å². The minimum atomic E-state index is -0.0160. The molecule has 1 aliphatic rings. The molecule has 0 unspecified atom stereocenters. The molecule has 1 saturated heterocycles. The lowest BCUT2D eigenvalue weighted by molar-refractivity contribution is -0.118. The molecule has 0 atom stereocenters. The lowest BCUT2D eigenvalue weighted by Gasteiger charge is -2.34. The second-order valence-corrected chi connectivity index (χ2v) is 6.14. The van der Waals surface area contributed by atoms with Gasteiger partial charge in [0.2, 0.25) is 5.91 Å². The smallest absolute Gasteiger partial charge is 0.238 e. The number of benzene rings is 1. The molecular weight excluding hydrogens is 326 g/mol. The number of carbonyl (C=O) groups excluding carboxylic acids is 2. The molecule has 2 N–H and O–H groups in total. The Bertz CT molecular complexity index is 545. The van der Waals surface area contributed by atoms with Crippen molar-refractivity contribution in [2.75, 3.05) is 31.5 Å². The van der Waals surface area contributed by atoms with Crippen LogP contribution in [0.4, 0.5) is 5.69 Å². The highest BCUT2D eigenvalue weighted by atomic mass is 35.5. The lowest BCUT2D eigenvalue weighted by atomic mass is 10.0. The Labute approximate surface area is 150 Å². The lowest BCUT2D eigenvalue weighted by Crippen LogP contribution is -2.46. The third-order valence-electron chi connectivity index (χ3n) is 4.24. The van der Waals surface area contributed by atoms with Gasteiger partial charge in [-0.2, -0.15) is 0 Å². The summed E-state index contributed by atoms with van der Waals surface area (Å²) in [7, 11) is 0. The Morgan fingerprint density at radius 1 is 1.29 bits per heavy atom. The molecule has 24 heavy (non-hydrogen) atoms.